The van der Waals surface area contributed by atoms with Gasteiger partial charge in [0.1, 0.15) is 5.69 Å². The summed E-state index contributed by atoms with van der Waals surface area (Å²) in [6, 6.07) is 13.9. The Balaban J connectivity index is 1.39. The minimum Gasteiger partial charge on any atom is -0.454 e. The van der Waals surface area contributed by atoms with Crippen LogP contribution in [0, 0.1) is 0 Å². The molecule has 0 saturated heterocycles. The standard InChI is InChI=1S/C21H17N3O6/c1-12(25)14-7-18-19(30-11-29-18)9-16(14)22-20(26)10-28-21(27)17-8-15(23-24-17)13-5-3-2-4-6-13/h2-9H,10-11H2,1H3,(H,22,26)(H,23,24). The summed E-state index contributed by atoms with van der Waals surface area (Å²) in [5, 5.41) is 9.24. The van der Waals surface area contributed by atoms with Crippen molar-refractivity contribution in [1.29, 1.82) is 0 Å². The number of fused-ring (bicyclic) bond motifs is 1. The summed E-state index contributed by atoms with van der Waals surface area (Å²) >= 11 is 0. The van der Waals surface area contributed by atoms with Crippen molar-refractivity contribution in [2.24, 2.45) is 0 Å². The largest absolute Gasteiger partial charge is 0.454 e. The average molecular weight is 407 g/mol. The number of benzene rings is 2. The molecule has 1 amide bonds. The quantitative estimate of drug-likeness (QED) is 0.476. The third-order valence-electron chi connectivity index (χ3n) is 4.37. The smallest absolute Gasteiger partial charge is 0.356 e. The lowest BCUT2D eigenvalue weighted by atomic mass is 10.1. The third kappa shape index (κ3) is 4.00. The van der Waals surface area contributed by atoms with E-state index < -0.39 is 18.5 Å². The first-order chi connectivity index (χ1) is 14.5. The van der Waals surface area contributed by atoms with Gasteiger partial charge in [0, 0.05) is 17.2 Å². The molecule has 0 unspecified atom stereocenters. The van der Waals surface area contributed by atoms with Crippen molar-refractivity contribution in [3.8, 4) is 22.8 Å². The number of rotatable bonds is 6. The number of esters is 1. The molecule has 30 heavy (non-hydrogen) atoms. The number of hydrogen-bond acceptors (Lipinski definition) is 7. The van der Waals surface area contributed by atoms with E-state index in [1.165, 1.54) is 19.1 Å². The molecule has 9 heteroatoms. The normalized spacial score (nSPS) is 11.8. The van der Waals surface area contributed by atoms with E-state index in [1.54, 1.807) is 6.07 Å². The third-order valence-corrected chi connectivity index (χ3v) is 4.37. The van der Waals surface area contributed by atoms with Crippen LogP contribution >= 0.6 is 0 Å². The van der Waals surface area contributed by atoms with Crippen LogP contribution in [-0.2, 0) is 9.53 Å². The first kappa shape index (κ1) is 19.2. The van der Waals surface area contributed by atoms with Gasteiger partial charge in [0.2, 0.25) is 6.79 Å². The minimum atomic E-state index is -0.725. The zero-order valence-corrected chi connectivity index (χ0v) is 15.9. The topological polar surface area (TPSA) is 120 Å². The summed E-state index contributed by atoms with van der Waals surface area (Å²) in [6.45, 7) is 0.872. The first-order valence-corrected chi connectivity index (χ1v) is 9.03. The highest BCUT2D eigenvalue weighted by molar-refractivity contribution is 6.05. The molecular formula is C21H17N3O6. The summed E-state index contributed by atoms with van der Waals surface area (Å²) in [5.74, 6) is -0.743. The summed E-state index contributed by atoms with van der Waals surface area (Å²) < 4.78 is 15.6. The van der Waals surface area contributed by atoms with Gasteiger partial charge in [-0.3, -0.25) is 14.7 Å². The molecule has 1 aromatic heterocycles. The van der Waals surface area contributed by atoms with Gasteiger partial charge in [0.15, 0.2) is 23.9 Å². The lowest BCUT2D eigenvalue weighted by molar-refractivity contribution is -0.119. The van der Waals surface area contributed by atoms with Gasteiger partial charge in [-0.05, 0) is 19.1 Å². The maximum absolute atomic E-state index is 12.3. The highest BCUT2D eigenvalue weighted by Gasteiger charge is 2.21. The van der Waals surface area contributed by atoms with Crippen LogP contribution in [0.4, 0.5) is 5.69 Å². The van der Waals surface area contributed by atoms with Crippen molar-refractivity contribution in [3.05, 3.63) is 59.8 Å². The summed E-state index contributed by atoms with van der Waals surface area (Å²) in [6.07, 6.45) is 0. The van der Waals surface area contributed by atoms with Crippen LogP contribution in [0.15, 0.2) is 48.5 Å². The molecule has 1 aliphatic rings. The molecule has 3 aromatic rings. The van der Waals surface area contributed by atoms with Gasteiger partial charge in [0.05, 0.1) is 11.4 Å². The van der Waals surface area contributed by atoms with E-state index in [2.05, 4.69) is 15.5 Å². The molecule has 2 heterocycles. The van der Waals surface area contributed by atoms with Gasteiger partial charge in [-0.1, -0.05) is 30.3 Å². The predicted molar refractivity (Wildman–Crippen MR) is 106 cm³/mol. The van der Waals surface area contributed by atoms with Gasteiger partial charge in [-0.15, -0.1) is 0 Å². The molecule has 0 fully saturated rings. The molecule has 0 radical (unpaired) electrons. The fraction of sp³-hybridized carbons (Fsp3) is 0.143. The number of amides is 1. The second-order valence-corrected chi connectivity index (χ2v) is 6.46. The van der Waals surface area contributed by atoms with Gasteiger partial charge < -0.3 is 19.5 Å². The molecule has 4 rings (SSSR count). The van der Waals surface area contributed by atoms with E-state index in [4.69, 9.17) is 14.2 Å². The summed E-state index contributed by atoms with van der Waals surface area (Å²) in [7, 11) is 0. The molecule has 152 valence electrons. The lowest BCUT2D eigenvalue weighted by Crippen LogP contribution is -2.22. The van der Waals surface area contributed by atoms with Crippen molar-refractivity contribution < 1.29 is 28.6 Å². The number of ether oxygens (including phenoxy) is 3. The van der Waals surface area contributed by atoms with E-state index in [9.17, 15) is 14.4 Å². The molecule has 1 aliphatic heterocycles. The van der Waals surface area contributed by atoms with Crippen molar-refractivity contribution in [2.45, 2.75) is 6.92 Å². The van der Waals surface area contributed by atoms with Crippen LogP contribution in [0.1, 0.15) is 27.8 Å². The SMILES string of the molecule is CC(=O)c1cc2c(cc1NC(=O)COC(=O)c1cc(-c3ccccc3)n[nH]1)OCO2. The number of nitrogens with one attached hydrogen (secondary N) is 2. The van der Waals surface area contributed by atoms with Gasteiger partial charge in [-0.25, -0.2) is 4.79 Å². The number of carbonyl (C=O) groups is 3. The Morgan fingerprint density at radius 1 is 1.10 bits per heavy atom. The molecule has 0 spiro atoms. The van der Waals surface area contributed by atoms with Gasteiger partial charge in [0.25, 0.3) is 5.91 Å². The zero-order valence-electron chi connectivity index (χ0n) is 15.9. The minimum absolute atomic E-state index is 0.0385. The number of nitrogens with zero attached hydrogens (tertiary/aromatic N) is 1. The Labute approximate surface area is 171 Å². The number of hydrogen-bond donors (Lipinski definition) is 2. The molecule has 0 bridgehead atoms. The van der Waals surface area contributed by atoms with E-state index >= 15 is 0 Å². The lowest BCUT2D eigenvalue weighted by Gasteiger charge is -2.10. The summed E-state index contributed by atoms with van der Waals surface area (Å²) in [5.41, 5.74) is 2.05. The fourth-order valence-corrected chi connectivity index (χ4v) is 2.91. The Hall–Kier alpha value is -4.14. The van der Waals surface area contributed by atoms with Crippen LogP contribution in [0.5, 0.6) is 11.5 Å². The number of aromatic amines is 1. The van der Waals surface area contributed by atoms with Crippen LogP contribution in [-0.4, -0.2) is 41.3 Å². The predicted octanol–water partition coefficient (Wildman–Crippen LogP) is 2.80. The highest BCUT2D eigenvalue weighted by Crippen LogP contribution is 2.37. The Bertz CT molecular complexity index is 1120. The number of carbonyl (C=O) groups excluding carboxylic acids is 3. The number of aromatic nitrogens is 2. The van der Waals surface area contributed by atoms with E-state index in [0.717, 1.165) is 5.56 Å². The highest BCUT2D eigenvalue weighted by atomic mass is 16.7. The van der Waals surface area contributed by atoms with E-state index in [-0.39, 0.29) is 29.5 Å². The number of Topliss-reactive ketones (excluding diaryl/α,β-unsaturated/α-hetero) is 1. The molecule has 2 N–H and O–H groups in total. The molecule has 0 saturated carbocycles. The van der Waals surface area contributed by atoms with Crippen molar-refractivity contribution in [2.75, 3.05) is 18.7 Å². The Morgan fingerprint density at radius 3 is 2.57 bits per heavy atom. The maximum atomic E-state index is 12.3. The monoisotopic (exact) mass is 407 g/mol. The number of ketones is 1. The second kappa shape index (κ2) is 8.08. The van der Waals surface area contributed by atoms with Gasteiger partial charge in [-0.2, -0.15) is 5.10 Å². The Morgan fingerprint density at radius 2 is 1.83 bits per heavy atom. The summed E-state index contributed by atoms with van der Waals surface area (Å²) in [4.78, 5) is 36.3. The Kier molecular flexibility index (Phi) is 5.17. The second-order valence-electron chi connectivity index (χ2n) is 6.46. The maximum Gasteiger partial charge on any atom is 0.356 e. The van der Waals surface area contributed by atoms with E-state index in [0.29, 0.717) is 17.2 Å². The number of H-pyrrole nitrogens is 1. The molecule has 9 nitrogen and oxygen atoms in total. The first-order valence-electron chi connectivity index (χ1n) is 9.03. The van der Waals surface area contributed by atoms with E-state index in [1.807, 2.05) is 30.3 Å². The molecule has 0 atom stereocenters. The van der Waals surface area contributed by atoms with Crippen LogP contribution in [0.2, 0.25) is 0 Å². The van der Waals surface area contributed by atoms with Gasteiger partial charge >= 0.3 is 5.97 Å². The van der Waals surface area contributed by atoms with Crippen LogP contribution in [0.25, 0.3) is 11.3 Å². The fourth-order valence-electron chi connectivity index (χ4n) is 2.91. The zero-order chi connectivity index (χ0) is 21.1. The molecule has 2 aromatic carbocycles. The van der Waals surface area contributed by atoms with Crippen molar-refractivity contribution in [1.82, 2.24) is 10.2 Å². The number of anilines is 1. The van der Waals surface area contributed by atoms with Crippen molar-refractivity contribution in [3.63, 3.8) is 0 Å². The average Bonchev–Trinajstić information content (AvgIpc) is 3.41. The van der Waals surface area contributed by atoms with Crippen LogP contribution < -0.4 is 14.8 Å². The molecular weight excluding hydrogens is 390 g/mol. The van der Waals surface area contributed by atoms with Crippen molar-refractivity contribution >= 4 is 23.3 Å². The van der Waals surface area contributed by atoms with Crippen LogP contribution in [0.3, 0.4) is 0 Å². The molecule has 0 aliphatic carbocycles.